The lowest BCUT2D eigenvalue weighted by Crippen LogP contribution is -2.17. The van der Waals surface area contributed by atoms with Crippen LogP contribution in [0.2, 0.25) is 0 Å². The van der Waals surface area contributed by atoms with Gasteiger partial charge < -0.3 is 0 Å². The number of fused-ring (bicyclic) bond motifs is 1. The maximum atomic E-state index is 13.1. The molecule has 0 aromatic heterocycles. The summed E-state index contributed by atoms with van der Waals surface area (Å²) in [5.41, 5.74) is 2.56. The summed E-state index contributed by atoms with van der Waals surface area (Å²) in [6.45, 7) is 2.23. The summed E-state index contributed by atoms with van der Waals surface area (Å²) >= 11 is 0. The molecule has 1 aromatic carbocycles. The predicted molar refractivity (Wildman–Crippen MR) is 56.9 cm³/mol. The molecule has 2 atom stereocenters. The Bertz CT molecular complexity index is 333. The van der Waals surface area contributed by atoms with E-state index in [1.807, 2.05) is 0 Å². The second-order valence-corrected chi connectivity index (χ2v) is 4.60. The van der Waals surface area contributed by atoms with Gasteiger partial charge in [-0.25, -0.2) is 4.39 Å². The first-order valence-electron chi connectivity index (χ1n) is 4.73. The van der Waals surface area contributed by atoms with E-state index >= 15 is 0 Å². The first-order chi connectivity index (χ1) is 6.16. The van der Waals surface area contributed by atoms with Gasteiger partial charge in [0.15, 0.2) is 0 Å². The Morgan fingerprint density at radius 2 is 2.23 bits per heavy atom. The number of rotatable bonds is 0. The second-order valence-electron chi connectivity index (χ2n) is 3.98. The SMILES string of the molecule is C[C@H]1CCc2c(P)cc(F)cc2C1. The van der Waals surface area contributed by atoms with Crippen LogP contribution in [0.15, 0.2) is 12.1 Å². The third-order valence-corrected chi connectivity index (χ3v) is 3.31. The monoisotopic (exact) mass is 196 g/mol. The summed E-state index contributed by atoms with van der Waals surface area (Å²) in [6, 6.07) is 3.30. The van der Waals surface area contributed by atoms with Crippen LogP contribution in [-0.2, 0) is 12.8 Å². The van der Waals surface area contributed by atoms with Crippen molar-refractivity contribution in [1.82, 2.24) is 0 Å². The van der Waals surface area contributed by atoms with Crippen LogP contribution in [0, 0.1) is 11.7 Å². The number of hydrogen-bond donors (Lipinski definition) is 0. The van der Waals surface area contributed by atoms with Crippen molar-refractivity contribution >= 4 is 14.5 Å². The van der Waals surface area contributed by atoms with Gasteiger partial charge in [0, 0.05) is 0 Å². The Morgan fingerprint density at radius 1 is 1.46 bits per heavy atom. The number of benzene rings is 1. The molecule has 1 aliphatic rings. The molecular formula is C11H14FP. The molecule has 0 N–H and O–H groups in total. The first-order valence-corrected chi connectivity index (χ1v) is 5.31. The Hall–Kier alpha value is -0.420. The standard InChI is InChI=1S/C11H14FP/c1-7-2-3-10-8(4-7)5-9(12)6-11(10)13/h5-7H,2-4,13H2,1H3/t7-/m0/s1. The molecule has 0 nitrogen and oxygen atoms in total. The summed E-state index contributed by atoms with van der Waals surface area (Å²) in [4.78, 5) is 0. The predicted octanol–water partition coefficient (Wildman–Crippen LogP) is 2.45. The fraction of sp³-hybridized carbons (Fsp3) is 0.455. The molecule has 0 radical (unpaired) electrons. The second kappa shape index (κ2) is 3.38. The molecule has 0 heterocycles. The summed E-state index contributed by atoms with van der Waals surface area (Å²) in [7, 11) is 2.63. The van der Waals surface area contributed by atoms with E-state index in [1.54, 1.807) is 12.1 Å². The van der Waals surface area contributed by atoms with Crippen molar-refractivity contribution in [2.75, 3.05) is 0 Å². The summed E-state index contributed by atoms with van der Waals surface area (Å²) in [6.07, 6.45) is 3.38. The number of halogens is 1. The molecule has 0 saturated carbocycles. The number of hydrogen-bond acceptors (Lipinski definition) is 0. The third kappa shape index (κ3) is 1.76. The van der Waals surface area contributed by atoms with Gasteiger partial charge in [-0.3, -0.25) is 0 Å². The average molecular weight is 196 g/mol. The van der Waals surface area contributed by atoms with Gasteiger partial charge in [0.1, 0.15) is 5.82 Å². The van der Waals surface area contributed by atoms with Gasteiger partial charge in [0.05, 0.1) is 0 Å². The van der Waals surface area contributed by atoms with E-state index in [-0.39, 0.29) is 5.82 Å². The van der Waals surface area contributed by atoms with E-state index < -0.39 is 0 Å². The minimum absolute atomic E-state index is 0.0992. The van der Waals surface area contributed by atoms with Crippen LogP contribution in [0.1, 0.15) is 24.5 Å². The summed E-state index contributed by atoms with van der Waals surface area (Å²) < 4.78 is 13.1. The van der Waals surface area contributed by atoms with E-state index in [2.05, 4.69) is 16.2 Å². The maximum Gasteiger partial charge on any atom is 0.124 e. The van der Waals surface area contributed by atoms with Crippen LogP contribution in [-0.4, -0.2) is 0 Å². The van der Waals surface area contributed by atoms with Gasteiger partial charge in [0.2, 0.25) is 0 Å². The molecule has 1 aliphatic carbocycles. The van der Waals surface area contributed by atoms with Crippen LogP contribution < -0.4 is 5.30 Å². The maximum absolute atomic E-state index is 13.1. The van der Waals surface area contributed by atoms with Gasteiger partial charge in [-0.1, -0.05) is 6.92 Å². The fourth-order valence-corrected chi connectivity index (χ4v) is 2.56. The van der Waals surface area contributed by atoms with E-state index in [9.17, 15) is 4.39 Å². The molecule has 2 rings (SSSR count). The highest BCUT2D eigenvalue weighted by Crippen LogP contribution is 2.25. The van der Waals surface area contributed by atoms with Crippen molar-refractivity contribution in [3.8, 4) is 0 Å². The van der Waals surface area contributed by atoms with Gasteiger partial charge >= 0.3 is 0 Å². The Morgan fingerprint density at radius 3 is 3.00 bits per heavy atom. The molecule has 0 bridgehead atoms. The van der Waals surface area contributed by atoms with Gasteiger partial charge in [-0.2, -0.15) is 0 Å². The Kier molecular flexibility index (Phi) is 2.38. The molecule has 0 aliphatic heterocycles. The third-order valence-electron chi connectivity index (χ3n) is 2.80. The normalized spacial score (nSPS) is 21.3. The van der Waals surface area contributed by atoms with E-state index in [4.69, 9.17) is 0 Å². The molecular weight excluding hydrogens is 182 g/mol. The minimum Gasteiger partial charge on any atom is -0.207 e. The molecule has 0 saturated heterocycles. The lowest BCUT2D eigenvalue weighted by Gasteiger charge is -2.22. The van der Waals surface area contributed by atoms with Crippen molar-refractivity contribution in [3.63, 3.8) is 0 Å². The van der Waals surface area contributed by atoms with Crippen molar-refractivity contribution in [1.29, 1.82) is 0 Å². The molecule has 13 heavy (non-hydrogen) atoms. The first kappa shape index (κ1) is 9.15. The van der Waals surface area contributed by atoms with Gasteiger partial charge in [0.25, 0.3) is 0 Å². The lowest BCUT2D eigenvalue weighted by molar-refractivity contribution is 0.499. The molecule has 1 unspecified atom stereocenters. The Labute approximate surface area is 80.7 Å². The molecule has 0 fully saturated rings. The highest BCUT2D eigenvalue weighted by molar-refractivity contribution is 7.27. The van der Waals surface area contributed by atoms with E-state index in [0.29, 0.717) is 5.92 Å². The molecule has 70 valence electrons. The zero-order valence-electron chi connectivity index (χ0n) is 7.81. The zero-order chi connectivity index (χ0) is 9.42. The highest BCUT2D eigenvalue weighted by Gasteiger charge is 2.17. The van der Waals surface area contributed by atoms with Crippen molar-refractivity contribution in [3.05, 3.63) is 29.1 Å². The van der Waals surface area contributed by atoms with Crippen LogP contribution in [0.5, 0.6) is 0 Å². The van der Waals surface area contributed by atoms with Crippen LogP contribution in [0.25, 0.3) is 0 Å². The van der Waals surface area contributed by atoms with Crippen LogP contribution in [0.3, 0.4) is 0 Å². The Balaban J connectivity index is 2.47. The van der Waals surface area contributed by atoms with E-state index in [0.717, 1.165) is 18.1 Å². The molecule has 0 amide bonds. The molecule has 1 aromatic rings. The molecule has 0 spiro atoms. The van der Waals surface area contributed by atoms with Crippen LogP contribution in [0.4, 0.5) is 4.39 Å². The zero-order valence-corrected chi connectivity index (χ0v) is 8.96. The fourth-order valence-electron chi connectivity index (χ4n) is 2.07. The van der Waals surface area contributed by atoms with Crippen molar-refractivity contribution in [2.24, 2.45) is 5.92 Å². The summed E-state index contributed by atoms with van der Waals surface area (Å²) in [5, 5.41) is 1.04. The van der Waals surface area contributed by atoms with Gasteiger partial charge in [-0.15, -0.1) is 9.24 Å². The average Bonchev–Trinajstić information content (AvgIpc) is 2.02. The smallest absolute Gasteiger partial charge is 0.124 e. The topological polar surface area (TPSA) is 0 Å². The van der Waals surface area contributed by atoms with E-state index in [1.165, 1.54) is 17.5 Å². The quantitative estimate of drug-likeness (QED) is 0.559. The van der Waals surface area contributed by atoms with Crippen LogP contribution >= 0.6 is 9.24 Å². The van der Waals surface area contributed by atoms with Crippen molar-refractivity contribution < 1.29 is 4.39 Å². The lowest BCUT2D eigenvalue weighted by atomic mass is 9.85. The highest BCUT2D eigenvalue weighted by atomic mass is 31.0. The minimum atomic E-state index is -0.0992. The molecule has 2 heteroatoms. The largest absolute Gasteiger partial charge is 0.207 e. The summed E-state index contributed by atoms with van der Waals surface area (Å²) in [5.74, 6) is 0.608. The van der Waals surface area contributed by atoms with Gasteiger partial charge in [-0.05, 0) is 53.7 Å². The van der Waals surface area contributed by atoms with Crippen molar-refractivity contribution in [2.45, 2.75) is 26.2 Å².